The van der Waals surface area contributed by atoms with Gasteiger partial charge in [0, 0.05) is 6.07 Å². The monoisotopic (exact) mass is 293 g/mol. The van der Waals surface area contributed by atoms with E-state index in [9.17, 15) is 0 Å². The van der Waals surface area contributed by atoms with Crippen LogP contribution in [-0.2, 0) is 10.6 Å². The molecule has 6 heteroatoms. The molecule has 20 heavy (non-hydrogen) atoms. The van der Waals surface area contributed by atoms with Crippen molar-refractivity contribution in [3.8, 4) is 5.88 Å². The summed E-state index contributed by atoms with van der Waals surface area (Å²) < 4.78 is 13.4. The van der Waals surface area contributed by atoms with Gasteiger partial charge in [-0.3, -0.25) is 0 Å². The number of methoxy groups -OCH3 is 1. The van der Waals surface area contributed by atoms with E-state index in [4.69, 9.17) is 21.1 Å². The zero-order chi connectivity index (χ0) is 13.7. The topological polar surface area (TPSA) is 49.2 Å². The quantitative estimate of drug-likeness (QED) is 0.817. The summed E-state index contributed by atoms with van der Waals surface area (Å²) in [4.78, 5) is 9.15. The maximum Gasteiger partial charge on any atom is 0.215 e. The van der Waals surface area contributed by atoms with Gasteiger partial charge < -0.3 is 14.0 Å². The summed E-state index contributed by atoms with van der Waals surface area (Å²) >= 11 is 6.07. The van der Waals surface area contributed by atoms with Gasteiger partial charge in [-0.25, -0.2) is 4.98 Å². The summed E-state index contributed by atoms with van der Waals surface area (Å²) in [5, 5.41) is 0. The van der Waals surface area contributed by atoms with Crippen molar-refractivity contribution >= 4 is 22.8 Å². The van der Waals surface area contributed by atoms with Gasteiger partial charge in [0.2, 0.25) is 5.88 Å². The fraction of sp³-hybridized carbons (Fsp3) is 0.571. The van der Waals surface area contributed by atoms with Crippen LogP contribution in [0.1, 0.15) is 31.1 Å². The maximum absolute atomic E-state index is 6.07. The molecule has 0 spiro atoms. The normalized spacial score (nSPS) is 28.4. The molecule has 0 aliphatic carbocycles. The zero-order valence-corrected chi connectivity index (χ0v) is 12.0. The lowest BCUT2D eigenvalue weighted by Crippen LogP contribution is -2.22. The van der Waals surface area contributed by atoms with E-state index in [0.29, 0.717) is 23.9 Å². The molecule has 3 atom stereocenters. The van der Waals surface area contributed by atoms with Crippen LogP contribution in [0.3, 0.4) is 0 Å². The highest BCUT2D eigenvalue weighted by atomic mass is 35.5. The van der Waals surface area contributed by atoms with Gasteiger partial charge in [-0.15, -0.1) is 11.6 Å². The van der Waals surface area contributed by atoms with Gasteiger partial charge in [0.1, 0.15) is 11.3 Å². The number of imidazole rings is 1. The van der Waals surface area contributed by atoms with Gasteiger partial charge in [0.15, 0.2) is 5.65 Å². The first-order valence-electron chi connectivity index (χ1n) is 6.93. The Kier molecular flexibility index (Phi) is 2.86. The van der Waals surface area contributed by atoms with Crippen molar-refractivity contribution in [3.63, 3.8) is 0 Å². The summed E-state index contributed by atoms with van der Waals surface area (Å²) in [6.07, 6.45) is 3.96. The summed E-state index contributed by atoms with van der Waals surface area (Å²) in [5.74, 6) is 1.85. The van der Waals surface area contributed by atoms with Crippen molar-refractivity contribution < 1.29 is 9.47 Å². The number of hydrogen-bond acceptors (Lipinski definition) is 4. The molecule has 5 nitrogen and oxygen atoms in total. The number of alkyl halides is 1. The van der Waals surface area contributed by atoms with E-state index in [1.807, 2.05) is 12.1 Å². The lowest BCUT2D eigenvalue weighted by atomic mass is 9.95. The first-order chi connectivity index (χ1) is 9.80. The largest absolute Gasteiger partial charge is 0.481 e. The van der Waals surface area contributed by atoms with Crippen LogP contribution in [0.15, 0.2) is 12.1 Å². The smallest absolute Gasteiger partial charge is 0.215 e. The highest BCUT2D eigenvalue weighted by Gasteiger charge is 2.43. The molecule has 2 aliphatic heterocycles. The van der Waals surface area contributed by atoms with E-state index < -0.39 is 0 Å². The minimum absolute atomic E-state index is 0.271. The lowest BCUT2D eigenvalue weighted by molar-refractivity contribution is 0.0939. The average molecular weight is 294 g/mol. The molecule has 2 bridgehead atoms. The van der Waals surface area contributed by atoms with Crippen LogP contribution in [0.5, 0.6) is 5.88 Å². The first kappa shape index (κ1) is 12.4. The van der Waals surface area contributed by atoms with Crippen molar-refractivity contribution in [3.05, 3.63) is 18.0 Å². The maximum atomic E-state index is 6.07. The predicted octanol–water partition coefficient (Wildman–Crippen LogP) is 2.67. The molecule has 2 aliphatic rings. The number of hydrogen-bond donors (Lipinski definition) is 0. The number of rotatable bonds is 3. The number of pyridine rings is 1. The Morgan fingerprint density at radius 3 is 2.95 bits per heavy atom. The Bertz CT molecular complexity index is 657. The van der Waals surface area contributed by atoms with Crippen LogP contribution in [0.2, 0.25) is 0 Å². The van der Waals surface area contributed by atoms with Gasteiger partial charge in [0.25, 0.3) is 0 Å². The van der Waals surface area contributed by atoms with E-state index >= 15 is 0 Å². The molecule has 106 valence electrons. The lowest BCUT2D eigenvalue weighted by Gasteiger charge is -2.22. The second kappa shape index (κ2) is 4.60. The minimum atomic E-state index is 0.271. The third-order valence-electron chi connectivity index (χ3n) is 4.32. The molecule has 0 N–H and O–H groups in total. The molecule has 0 saturated carbocycles. The molecule has 0 aromatic carbocycles. The second-order valence-electron chi connectivity index (χ2n) is 5.40. The first-order valence-corrected chi connectivity index (χ1v) is 7.47. The van der Waals surface area contributed by atoms with Gasteiger partial charge in [0.05, 0.1) is 31.2 Å². The fourth-order valence-corrected chi connectivity index (χ4v) is 3.63. The van der Waals surface area contributed by atoms with Crippen LogP contribution in [0, 0.1) is 0 Å². The van der Waals surface area contributed by atoms with E-state index in [0.717, 1.165) is 29.8 Å². The number of nitrogens with zero attached hydrogens (tertiary/aromatic N) is 3. The fourth-order valence-electron chi connectivity index (χ4n) is 3.44. The highest BCUT2D eigenvalue weighted by Crippen LogP contribution is 2.43. The molecule has 4 heterocycles. The molecule has 2 aromatic heterocycles. The number of halogens is 1. The third-order valence-corrected chi connectivity index (χ3v) is 4.56. The van der Waals surface area contributed by atoms with E-state index in [1.54, 1.807) is 7.11 Å². The van der Waals surface area contributed by atoms with Crippen LogP contribution in [0.25, 0.3) is 11.2 Å². The van der Waals surface area contributed by atoms with Crippen molar-refractivity contribution in [2.75, 3.05) is 7.11 Å². The molecule has 0 amide bonds. The number of aromatic nitrogens is 3. The van der Waals surface area contributed by atoms with Gasteiger partial charge in [-0.2, -0.15) is 4.98 Å². The van der Waals surface area contributed by atoms with Crippen LogP contribution < -0.4 is 4.74 Å². The van der Waals surface area contributed by atoms with Gasteiger partial charge >= 0.3 is 0 Å². The molecular weight excluding hydrogens is 278 g/mol. The standard InChI is InChI=1S/C14H16ClN3O2/c1-19-13-5-3-9-14(17-13)18(12(7-15)16-9)10-6-8-2-4-11(10)20-8/h3,5,8,10-11H,2,4,6-7H2,1H3. The molecule has 2 fully saturated rings. The van der Waals surface area contributed by atoms with Gasteiger partial charge in [-0.05, 0) is 25.3 Å². The summed E-state index contributed by atoms with van der Waals surface area (Å²) in [6.45, 7) is 0. The van der Waals surface area contributed by atoms with Crippen molar-refractivity contribution in [1.82, 2.24) is 14.5 Å². The Labute approximate surface area is 121 Å². The van der Waals surface area contributed by atoms with Crippen LogP contribution >= 0.6 is 11.6 Å². The highest BCUT2D eigenvalue weighted by molar-refractivity contribution is 6.16. The Morgan fingerprint density at radius 1 is 1.40 bits per heavy atom. The number of fused-ring (bicyclic) bond motifs is 3. The summed E-state index contributed by atoms with van der Waals surface area (Å²) in [6, 6.07) is 4.06. The molecule has 2 saturated heterocycles. The molecule has 4 rings (SSSR count). The van der Waals surface area contributed by atoms with Crippen LogP contribution in [-0.4, -0.2) is 33.9 Å². The van der Waals surface area contributed by atoms with E-state index in [-0.39, 0.29) is 6.10 Å². The minimum Gasteiger partial charge on any atom is -0.481 e. The molecule has 3 unspecified atom stereocenters. The second-order valence-corrected chi connectivity index (χ2v) is 5.67. The summed E-state index contributed by atoms with van der Waals surface area (Å²) in [5.41, 5.74) is 1.71. The molecule has 2 aromatic rings. The Balaban J connectivity index is 1.87. The number of ether oxygens (including phenoxy) is 2. The van der Waals surface area contributed by atoms with Gasteiger partial charge in [-0.1, -0.05) is 0 Å². The van der Waals surface area contributed by atoms with Crippen LogP contribution in [0.4, 0.5) is 0 Å². The van der Waals surface area contributed by atoms with E-state index in [1.165, 1.54) is 6.42 Å². The Morgan fingerprint density at radius 2 is 2.30 bits per heavy atom. The zero-order valence-electron chi connectivity index (χ0n) is 11.3. The van der Waals surface area contributed by atoms with Crippen molar-refractivity contribution in [2.24, 2.45) is 0 Å². The third kappa shape index (κ3) is 1.73. The molecular formula is C14H16ClN3O2. The SMILES string of the molecule is COc1ccc2nc(CCl)n(C3CC4CCC3O4)c2n1. The Hall–Kier alpha value is -1.33. The van der Waals surface area contributed by atoms with Crippen molar-refractivity contribution in [2.45, 2.75) is 43.4 Å². The average Bonchev–Trinajstić information content (AvgIpc) is 3.18. The van der Waals surface area contributed by atoms with E-state index in [2.05, 4.69) is 14.5 Å². The summed E-state index contributed by atoms with van der Waals surface area (Å²) in [7, 11) is 1.62. The van der Waals surface area contributed by atoms with Crippen molar-refractivity contribution in [1.29, 1.82) is 0 Å². The predicted molar refractivity (Wildman–Crippen MR) is 75.2 cm³/mol. The molecule has 0 radical (unpaired) electrons.